The molecule has 0 aromatic carbocycles. The minimum absolute atomic E-state index is 0.252. The Morgan fingerprint density at radius 1 is 1.45 bits per heavy atom. The number of nitrogens with zero attached hydrogens (tertiary/aromatic N) is 2. The first-order valence-corrected chi connectivity index (χ1v) is 3.32. The molecule has 0 saturated heterocycles. The summed E-state index contributed by atoms with van der Waals surface area (Å²) in [6, 6.07) is 0. The molecule has 11 heavy (non-hydrogen) atoms. The van der Waals surface area contributed by atoms with Crippen LogP contribution in [0.4, 0.5) is 13.2 Å². The van der Waals surface area contributed by atoms with Crippen LogP contribution in [0.2, 0.25) is 0 Å². The van der Waals surface area contributed by atoms with E-state index in [2.05, 4.69) is 9.59 Å². The maximum absolute atomic E-state index is 11.9. The van der Waals surface area contributed by atoms with Crippen LogP contribution in [0.15, 0.2) is 0 Å². The van der Waals surface area contributed by atoms with E-state index in [1.807, 2.05) is 0 Å². The summed E-state index contributed by atoms with van der Waals surface area (Å²) in [7, 11) is 0. The topological polar surface area (TPSA) is 46.0 Å². The molecule has 0 radical (unpaired) electrons. The highest BCUT2D eigenvalue weighted by atomic mass is 32.1. The molecule has 1 aromatic heterocycles. The summed E-state index contributed by atoms with van der Waals surface area (Å²) < 4.78 is 38.7. The van der Waals surface area contributed by atoms with Crippen LogP contribution < -0.4 is 0 Å². The zero-order valence-corrected chi connectivity index (χ0v) is 5.91. The highest BCUT2D eigenvalue weighted by molar-refractivity contribution is 7.05. The summed E-state index contributed by atoms with van der Waals surface area (Å²) in [6.07, 6.45) is -4.51. The van der Waals surface area contributed by atoms with E-state index < -0.39 is 18.5 Å². The van der Waals surface area contributed by atoms with E-state index in [-0.39, 0.29) is 4.88 Å². The van der Waals surface area contributed by atoms with Gasteiger partial charge in [0.1, 0.15) is 0 Å². The fraction of sp³-hybridized carbons (Fsp3) is 0.500. The summed E-state index contributed by atoms with van der Waals surface area (Å²) in [4.78, 5) is -0.252. The van der Waals surface area contributed by atoms with Gasteiger partial charge in [-0.2, -0.15) is 13.2 Å². The third-order valence-corrected chi connectivity index (χ3v) is 1.67. The Labute approximate surface area is 63.6 Å². The number of hydrogen-bond donors (Lipinski definition) is 1. The molecular formula is C4H3F3N2OS. The number of aliphatic hydroxyl groups excluding tert-OH is 1. The summed E-state index contributed by atoms with van der Waals surface area (Å²) >= 11 is 0.545. The van der Waals surface area contributed by atoms with Crippen LogP contribution in [-0.2, 0) is 12.8 Å². The first-order valence-electron chi connectivity index (χ1n) is 2.55. The van der Waals surface area contributed by atoms with E-state index in [1.165, 1.54) is 0 Å². The molecule has 3 nitrogen and oxygen atoms in total. The lowest BCUT2D eigenvalue weighted by Crippen LogP contribution is -2.08. The van der Waals surface area contributed by atoms with Crippen LogP contribution in [0, 0.1) is 0 Å². The van der Waals surface area contributed by atoms with E-state index in [0.717, 1.165) is 0 Å². The molecule has 1 heterocycles. The molecule has 1 N–H and O–H groups in total. The first-order chi connectivity index (χ1) is 5.05. The number of rotatable bonds is 1. The second kappa shape index (κ2) is 2.74. The van der Waals surface area contributed by atoms with Crippen LogP contribution in [0.5, 0.6) is 0 Å². The molecular weight excluding hydrogens is 181 g/mol. The van der Waals surface area contributed by atoms with Crippen molar-refractivity contribution in [3.63, 3.8) is 0 Å². The number of halogens is 3. The van der Waals surface area contributed by atoms with E-state index in [1.54, 1.807) is 0 Å². The molecule has 0 bridgehead atoms. The molecule has 1 rings (SSSR count). The van der Waals surface area contributed by atoms with Gasteiger partial charge >= 0.3 is 6.18 Å². The van der Waals surface area contributed by atoms with Crippen LogP contribution in [0.3, 0.4) is 0 Å². The van der Waals surface area contributed by atoms with Gasteiger partial charge in [0.15, 0.2) is 5.69 Å². The zero-order valence-electron chi connectivity index (χ0n) is 5.09. The predicted octanol–water partition coefficient (Wildman–Crippen LogP) is 1.05. The molecule has 0 fully saturated rings. The average molecular weight is 184 g/mol. The second-order valence-electron chi connectivity index (χ2n) is 1.70. The van der Waals surface area contributed by atoms with Crippen LogP contribution in [-0.4, -0.2) is 14.7 Å². The second-order valence-corrected chi connectivity index (χ2v) is 2.54. The SMILES string of the molecule is OCc1snnc1C(F)(F)F. The highest BCUT2D eigenvalue weighted by Crippen LogP contribution is 2.31. The van der Waals surface area contributed by atoms with Crippen molar-refractivity contribution < 1.29 is 18.3 Å². The van der Waals surface area contributed by atoms with Gasteiger partial charge in [0.2, 0.25) is 0 Å². The fourth-order valence-corrected chi connectivity index (χ4v) is 1.05. The molecule has 0 aliphatic heterocycles. The third-order valence-electron chi connectivity index (χ3n) is 0.968. The van der Waals surface area contributed by atoms with Gasteiger partial charge in [-0.1, -0.05) is 4.49 Å². The molecule has 7 heteroatoms. The minimum Gasteiger partial charge on any atom is -0.391 e. The Morgan fingerprint density at radius 2 is 2.09 bits per heavy atom. The van der Waals surface area contributed by atoms with Crippen LogP contribution in [0.1, 0.15) is 10.6 Å². The lowest BCUT2D eigenvalue weighted by Gasteiger charge is -2.01. The van der Waals surface area contributed by atoms with Gasteiger partial charge in [0, 0.05) is 0 Å². The van der Waals surface area contributed by atoms with Crippen LogP contribution in [0.25, 0.3) is 0 Å². The van der Waals surface area contributed by atoms with E-state index in [4.69, 9.17) is 5.11 Å². The van der Waals surface area contributed by atoms with Gasteiger partial charge in [-0.15, -0.1) is 5.10 Å². The van der Waals surface area contributed by atoms with Crippen molar-refractivity contribution in [2.24, 2.45) is 0 Å². The van der Waals surface area contributed by atoms with Crippen molar-refractivity contribution in [1.82, 2.24) is 9.59 Å². The van der Waals surface area contributed by atoms with Crippen molar-refractivity contribution in [2.75, 3.05) is 0 Å². The van der Waals surface area contributed by atoms with Gasteiger partial charge < -0.3 is 5.11 Å². The summed E-state index contributed by atoms with van der Waals surface area (Å²) in [5.41, 5.74) is -1.09. The van der Waals surface area contributed by atoms with Crippen molar-refractivity contribution >= 4 is 11.5 Å². The Kier molecular flexibility index (Phi) is 2.10. The Bertz CT molecular complexity index is 246. The number of hydrogen-bond acceptors (Lipinski definition) is 4. The summed E-state index contributed by atoms with van der Waals surface area (Å²) in [6.45, 7) is -0.674. The number of aromatic nitrogens is 2. The molecule has 0 saturated carbocycles. The Morgan fingerprint density at radius 3 is 2.45 bits per heavy atom. The molecule has 62 valence electrons. The minimum atomic E-state index is -4.51. The number of aliphatic hydroxyl groups is 1. The lowest BCUT2D eigenvalue weighted by molar-refractivity contribution is -0.142. The van der Waals surface area contributed by atoms with Gasteiger partial charge in [0.05, 0.1) is 11.5 Å². The van der Waals surface area contributed by atoms with Crippen molar-refractivity contribution in [3.05, 3.63) is 10.6 Å². The van der Waals surface area contributed by atoms with Gasteiger partial charge in [-0.3, -0.25) is 0 Å². The molecule has 0 unspecified atom stereocenters. The summed E-state index contributed by atoms with van der Waals surface area (Å²) in [5, 5.41) is 11.2. The molecule has 1 aromatic rings. The monoisotopic (exact) mass is 184 g/mol. The Balaban J connectivity index is 3.02. The molecule has 0 spiro atoms. The normalized spacial score (nSPS) is 12.0. The Hall–Kier alpha value is -0.690. The molecule has 0 atom stereocenters. The maximum atomic E-state index is 11.9. The highest BCUT2D eigenvalue weighted by Gasteiger charge is 2.36. The third kappa shape index (κ3) is 1.66. The smallest absolute Gasteiger partial charge is 0.391 e. The lowest BCUT2D eigenvalue weighted by atomic mass is 10.4. The van der Waals surface area contributed by atoms with Gasteiger partial charge in [-0.25, -0.2) is 0 Å². The molecule has 0 aliphatic rings. The van der Waals surface area contributed by atoms with E-state index >= 15 is 0 Å². The number of alkyl halides is 3. The average Bonchev–Trinajstić information content (AvgIpc) is 2.31. The fourth-order valence-electron chi connectivity index (χ4n) is 0.528. The standard InChI is InChI=1S/C4H3F3N2OS/c5-4(6,7)3-2(1-10)11-9-8-3/h10H,1H2. The maximum Gasteiger partial charge on any atom is 0.436 e. The predicted molar refractivity (Wildman–Crippen MR) is 30.8 cm³/mol. The molecule has 0 aliphatic carbocycles. The largest absolute Gasteiger partial charge is 0.436 e. The van der Waals surface area contributed by atoms with Gasteiger partial charge in [0.25, 0.3) is 0 Å². The summed E-state index contributed by atoms with van der Waals surface area (Å²) in [5.74, 6) is 0. The van der Waals surface area contributed by atoms with Gasteiger partial charge in [-0.05, 0) is 11.5 Å². The van der Waals surface area contributed by atoms with Crippen LogP contribution >= 0.6 is 11.5 Å². The van der Waals surface area contributed by atoms with Crippen molar-refractivity contribution in [2.45, 2.75) is 12.8 Å². The van der Waals surface area contributed by atoms with Crippen molar-refractivity contribution in [3.8, 4) is 0 Å². The first kappa shape index (κ1) is 8.41. The quantitative estimate of drug-likeness (QED) is 0.709. The van der Waals surface area contributed by atoms with E-state index in [0.29, 0.717) is 11.5 Å². The van der Waals surface area contributed by atoms with Crippen molar-refractivity contribution in [1.29, 1.82) is 0 Å². The zero-order chi connectivity index (χ0) is 8.48. The molecule has 0 amide bonds. The van der Waals surface area contributed by atoms with E-state index in [9.17, 15) is 13.2 Å².